The summed E-state index contributed by atoms with van der Waals surface area (Å²) in [5.41, 5.74) is -0.495. The minimum absolute atomic E-state index is 0.0835. The van der Waals surface area contributed by atoms with Crippen LogP contribution in [0.2, 0.25) is 0 Å². The van der Waals surface area contributed by atoms with E-state index in [1.807, 2.05) is 6.92 Å². The zero-order valence-electron chi connectivity index (χ0n) is 18.1. The molecule has 3 rings (SSSR count). The fraction of sp³-hybridized carbons (Fsp3) is 0.350. The topological polar surface area (TPSA) is 147 Å². The Hall–Kier alpha value is -2.87. The Morgan fingerprint density at radius 2 is 1.61 bits per heavy atom. The normalized spacial score (nSPS) is 15.8. The van der Waals surface area contributed by atoms with Crippen LogP contribution in [0.15, 0.2) is 52.3 Å². The van der Waals surface area contributed by atoms with Gasteiger partial charge in [0.15, 0.2) is 9.84 Å². The van der Waals surface area contributed by atoms with Crippen LogP contribution < -0.4 is 5.32 Å². The number of hydrogen-bond donors (Lipinski definition) is 1. The Morgan fingerprint density at radius 1 is 1.00 bits per heavy atom. The minimum atomic E-state index is -3.78. The number of nitro groups is 1. The van der Waals surface area contributed by atoms with E-state index in [4.69, 9.17) is 0 Å². The molecule has 1 saturated heterocycles. The average molecular weight is 497 g/mol. The maximum atomic E-state index is 12.9. The molecule has 178 valence electrons. The summed E-state index contributed by atoms with van der Waals surface area (Å²) in [6, 6.07) is 8.44. The van der Waals surface area contributed by atoms with E-state index in [2.05, 4.69) is 10.2 Å². The van der Waals surface area contributed by atoms with Crippen LogP contribution >= 0.6 is 0 Å². The summed E-state index contributed by atoms with van der Waals surface area (Å²) in [5, 5.41) is 13.6. The first kappa shape index (κ1) is 24.8. The monoisotopic (exact) mass is 496 g/mol. The van der Waals surface area contributed by atoms with Crippen molar-refractivity contribution < 1.29 is 26.6 Å². The van der Waals surface area contributed by atoms with Gasteiger partial charge in [-0.05, 0) is 36.9 Å². The van der Waals surface area contributed by atoms with E-state index in [9.17, 15) is 31.7 Å². The van der Waals surface area contributed by atoms with Crippen molar-refractivity contribution in [2.45, 2.75) is 16.7 Å². The van der Waals surface area contributed by atoms with Crippen LogP contribution in [-0.4, -0.2) is 75.9 Å². The van der Waals surface area contributed by atoms with Gasteiger partial charge in [-0.1, -0.05) is 6.92 Å². The number of benzene rings is 2. The van der Waals surface area contributed by atoms with Gasteiger partial charge < -0.3 is 10.2 Å². The third-order valence-corrected chi connectivity index (χ3v) is 8.33. The first-order valence-electron chi connectivity index (χ1n) is 10.1. The van der Waals surface area contributed by atoms with Crippen molar-refractivity contribution in [2.24, 2.45) is 0 Å². The van der Waals surface area contributed by atoms with Crippen molar-refractivity contribution in [1.82, 2.24) is 9.21 Å². The SMILES string of the molecule is CCN1CCN(S(=O)(=O)c2ccc(NC(=O)c3cc([N+](=O)[O-])cc(S(C)(=O)=O)c3)cc2)CC1. The summed E-state index contributed by atoms with van der Waals surface area (Å²) >= 11 is 0. The van der Waals surface area contributed by atoms with E-state index in [0.29, 0.717) is 26.2 Å². The van der Waals surface area contributed by atoms with Crippen LogP contribution in [-0.2, 0) is 19.9 Å². The highest BCUT2D eigenvalue weighted by Gasteiger charge is 2.28. The van der Waals surface area contributed by atoms with Gasteiger partial charge in [-0.3, -0.25) is 14.9 Å². The van der Waals surface area contributed by atoms with E-state index < -0.39 is 36.4 Å². The summed E-state index contributed by atoms with van der Waals surface area (Å²) in [6.45, 7) is 4.98. The minimum Gasteiger partial charge on any atom is -0.322 e. The molecule has 1 N–H and O–H groups in total. The second-order valence-corrected chi connectivity index (χ2v) is 11.5. The molecule has 1 heterocycles. The highest BCUT2D eigenvalue weighted by molar-refractivity contribution is 7.90. The highest BCUT2D eigenvalue weighted by atomic mass is 32.2. The van der Waals surface area contributed by atoms with Gasteiger partial charge in [0.05, 0.1) is 14.7 Å². The standard InChI is InChI=1S/C20H24N4O7S2/c1-3-22-8-10-23(11-9-22)33(30,31)18-6-4-16(5-7-18)21-20(25)15-12-17(24(26)27)14-19(13-15)32(2,28)29/h4-7,12-14H,3,8-11H2,1-2H3,(H,21,25). The largest absolute Gasteiger partial charge is 0.322 e. The number of piperazine rings is 1. The molecule has 1 fully saturated rings. The molecule has 0 radical (unpaired) electrons. The summed E-state index contributed by atoms with van der Waals surface area (Å²) in [7, 11) is -7.46. The number of nitrogens with zero attached hydrogens (tertiary/aromatic N) is 3. The molecule has 0 bridgehead atoms. The highest BCUT2D eigenvalue weighted by Crippen LogP contribution is 2.23. The molecule has 1 aliphatic heterocycles. The van der Waals surface area contributed by atoms with E-state index >= 15 is 0 Å². The van der Waals surface area contributed by atoms with Crippen LogP contribution in [0.4, 0.5) is 11.4 Å². The number of sulfone groups is 1. The number of carbonyl (C=O) groups excluding carboxylic acids is 1. The smallest absolute Gasteiger partial charge is 0.271 e. The first-order chi connectivity index (χ1) is 15.4. The second-order valence-electron chi connectivity index (χ2n) is 7.56. The van der Waals surface area contributed by atoms with Gasteiger partial charge in [0.25, 0.3) is 11.6 Å². The van der Waals surface area contributed by atoms with E-state index in [-0.39, 0.29) is 21.0 Å². The molecule has 1 amide bonds. The van der Waals surface area contributed by atoms with Crippen LogP contribution in [0.25, 0.3) is 0 Å². The fourth-order valence-corrected chi connectivity index (χ4v) is 5.48. The van der Waals surface area contributed by atoms with Crippen molar-refractivity contribution in [3.63, 3.8) is 0 Å². The second kappa shape index (κ2) is 9.55. The predicted molar refractivity (Wildman–Crippen MR) is 121 cm³/mol. The number of likely N-dealkylation sites (N-methyl/N-ethyl adjacent to an activating group) is 1. The molecule has 11 nitrogen and oxygen atoms in total. The number of nitro benzene ring substituents is 1. The molecular formula is C20H24N4O7S2. The Kier molecular flexibility index (Phi) is 7.17. The molecule has 13 heteroatoms. The summed E-state index contributed by atoms with van der Waals surface area (Å²) < 4.78 is 50.8. The lowest BCUT2D eigenvalue weighted by molar-refractivity contribution is -0.385. The number of nitrogens with one attached hydrogen (secondary N) is 1. The number of rotatable bonds is 7. The number of carbonyl (C=O) groups is 1. The Balaban J connectivity index is 1.78. The fourth-order valence-electron chi connectivity index (χ4n) is 3.38. The van der Waals surface area contributed by atoms with Crippen LogP contribution in [0.5, 0.6) is 0 Å². The number of amides is 1. The summed E-state index contributed by atoms with van der Waals surface area (Å²) in [5.74, 6) is -0.769. The van der Waals surface area contributed by atoms with Crippen molar-refractivity contribution in [3.8, 4) is 0 Å². The number of sulfonamides is 1. The Morgan fingerprint density at radius 3 is 2.12 bits per heavy atom. The lowest BCUT2D eigenvalue weighted by Crippen LogP contribution is -2.48. The number of anilines is 1. The molecule has 0 atom stereocenters. The lowest BCUT2D eigenvalue weighted by Gasteiger charge is -2.33. The van der Waals surface area contributed by atoms with E-state index in [1.165, 1.54) is 28.6 Å². The predicted octanol–water partition coefficient (Wildman–Crippen LogP) is 1.58. The Labute approximate surface area is 192 Å². The van der Waals surface area contributed by atoms with Crippen LogP contribution in [0.3, 0.4) is 0 Å². The van der Waals surface area contributed by atoms with Crippen molar-refractivity contribution in [3.05, 3.63) is 58.1 Å². The van der Waals surface area contributed by atoms with Gasteiger partial charge in [0, 0.05) is 55.8 Å². The summed E-state index contributed by atoms with van der Waals surface area (Å²) in [6.07, 6.45) is 0.884. The van der Waals surface area contributed by atoms with Crippen molar-refractivity contribution >= 4 is 37.1 Å². The molecule has 0 aliphatic carbocycles. The Bertz CT molecular complexity index is 1270. The van der Waals surface area contributed by atoms with Crippen molar-refractivity contribution in [2.75, 3.05) is 44.3 Å². The third kappa shape index (κ3) is 5.74. The lowest BCUT2D eigenvalue weighted by atomic mass is 10.2. The number of non-ortho nitro benzene ring substituents is 1. The van der Waals surface area contributed by atoms with Gasteiger partial charge in [-0.25, -0.2) is 16.8 Å². The van der Waals surface area contributed by atoms with Gasteiger partial charge in [-0.2, -0.15) is 4.31 Å². The average Bonchev–Trinajstić information content (AvgIpc) is 2.78. The maximum Gasteiger partial charge on any atom is 0.271 e. The van der Waals surface area contributed by atoms with Crippen molar-refractivity contribution in [1.29, 1.82) is 0 Å². The molecule has 33 heavy (non-hydrogen) atoms. The molecule has 2 aromatic rings. The molecule has 0 unspecified atom stereocenters. The van der Waals surface area contributed by atoms with Crippen LogP contribution in [0.1, 0.15) is 17.3 Å². The first-order valence-corrected chi connectivity index (χ1v) is 13.4. The third-order valence-electron chi connectivity index (χ3n) is 5.32. The molecule has 0 aromatic heterocycles. The molecule has 2 aromatic carbocycles. The zero-order chi connectivity index (χ0) is 24.4. The van der Waals surface area contributed by atoms with Gasteiger partial charge >= 0.3 is 0 Å². The molecule has 0 spiro atoms. The summed E-state index contributed by atoms with van der Waals surface area (Å²) in [4.78, 5) is 24.8. The van der Waals surface area contributed by atoms with E-state index in [0.717, 1.165) is 31.0 Å². The number of hydrogen-bond acceptors (Lipinski definition) is 8. The molecular weight excluding hydrogens is 472 g/mol. The van der Waals surface area contributed by atoms with Gasteiger partial charge in [0.2, 0.25) is 10.0 Å². The molecule has 1 aliphatic rings. The van der Waals surface area contributed by atoms with Crippen LogP contribution in [0, 0.1) is 10.1 Å². The molecule has 0 saturated carbocycles. The van der Waals surface area contributed by atoms with Gasteiger partial charge in [-0.15, -0.1) is 0 Å². The van der Waals surface area contributed by atoms with E-state index in [1.54, 1.807) is 0 Å². The maximum absolute atomic E-state index is 12.9. The zero-order valence-corrected chi connectivity index (χ0v) is 19.7. The van der Waals surface area contributed by atoms with Gasteiger partial charge in [0.1, 0.15) is 0 Å². The quantitative estimate of drug-likeness (QED) is 0.449.